The quantitative estimate of drug-likeness (QED) is 0.0765. The average molecular weight is 642 g/mol. The van der Waals surface area contributed by atoms with E-state index in [2.05, 4.69) is 35.7 Å². The zero-order chi connectivity index (χ0) is 33.3. The first-order valence-corrected chi connectivity index (χ1v) is 13.0. The molecule has 0 saturated carbocycles. The predicted octanol–water partition coefficient (Wildman–Crippen LogP) is 3.35. The highest BCUT2D eigenvalue weighted by atomic mass is 19.4. The van der Waals surface area contributed by atoms with Crippen LogP contribution in [0.3, 0.4) is 0 Å². The van der Waals surface area contributed by atoms with E-state index < -0.39 is 30.6 Å². The molecule has 0 radical (unpaired) electrons. The van der Waals surface area contributed by atoms with Gasteiger partial charge in [-0.2, -0.15) is 18.3 Å². The van der Waals surface area contributed by atoms with Crippen molar-refractivity contribution in [3.8, 4) is 23.0 Å². The number of hydrogen-bond acceptors (Lipinski definition) is 10. The van der Waals surface area contributed by atoms with Gasteiger partial charge in [0.2, 0.25) is 11.8 Å². The fraction of sp³-hybridized carbons (Fsp3) is 0.192. The molecule has 0 aliphatic carbocycles. The van der Waals surface area contributed by atoms with E-state index in [4.69, 9.17) is 20.4 Å². The average Bonchev–Trinajstić information content (AvgIpc) is 3.68. The van der Waals surface area contributed by atoms with Crippen LogP contribution in [0.1, 0.15) is 37.8 Å². The standard InChI is InChI=1S/C26H22F3N11O6/c27-26(28,29)13-34-25(44)46-19-10-15(6-9-32-19)24-37-18(12-45-24)23(43)36-17-11-40(38-20(17)21(30)41)16-4-2-14(3-5-16)22(42)33-7-1-8-35-39-31/h2-6,9-12H,1,7-8,13H2,(H2,30,41)(H,33,42)(H,34,44)(H,36,43). The third-order valence-corrected chi connectivity index (χ3v) is 5.72. The first-order valence-electron chi connectivity index (χ1n) is 13.0. The normalized spacial score (nSPS) is 10.8. The van der Waals surface area contributed by atoms with E-state index in [9.17, 15) is 32.3 Å². The van der Waals surface area contributed by atoms with Crippen LogP contribution in [0.4, 0.5) is 23.7 Å². The summed E-state index contributed by atoms with van der Waals surface area (Å²) in [6, 6.07) is 8.66. The van der Waals surface area contributed by atoms with Crippen LogP contribution in [0, 0.1) is 0 Å². The number of amides is 4. The number of ether oxygens (including phenoxy) is 1. The predicted molar refractivity (Wildman–Crippen MR) is 151 cm³/mol. The molecule has 3 heterocycles. The summed E-state index contributed by atoms with van der Waals surface area (Å²) in [5, 5.41) is 14.2. The van der Waals surface area contributed by atoms with E-state index in [1.165, 1.54) is 40.6 Å². The second kappa shape index (κ2) is 14.4. The molecule has 238 valence electrons. The van der Waals surface area contributed by atoms with Crippen molar-refractivity contribution in [3.05, 3.63) is 82.4 Å². The highest BCUT2D eigenvalue weighted by Gasteiger charge is 2.28. The van der Waals surface area contributed by atoms with Gasteiger partial charge in [-0.15, -0.1) is 0 Å². The number of halogens is 3. The number of carbonyl (C=O) groups excluding carboxylic acids is 4. The highest BCUT2D eigenvalue weighted by Crippen LogP contribution is 2.23. The van der Waals surface area contributed by atoms with Gasteiger partial charge in [0.1, 0.15) is 12.8 Å². The molecule has 4 amide bonds. The molecule has 4 rings (SSSR count). The van der Waals surface area contributed by atoms with Gasteiger partial charge in [-0.05, 0) is 42.3 Å². The fourth-order valence-corrected chi connectivity index (χ4v) is 3.64. The van der Waals surface area contributed by atoms with Gasteiger partial charge in [0.25, 0.3) is 17.7 Å². The molecule has 0 aliphatic heterocycles. The molecule has 5 N–H and O–H groups in total. The third-order valence-electron chi connectivity index (χ3n) is 5.72. The minimum absolute atomic E-state index is 0.0617. The number of anilines is 1. The Morgan fingerprint density at radius 3 is 2.57 bits per heavy atom. The maximum Gasteiger partial charge on any atom is 0.414 e. The summed E-state index contributed by atoms with van der Waals surface area (Å²) < 4.78 is 48.2. The Balaban J connectivity index is 1.42. The highest BCUT2D eigenvalue weighted by molar-refractivity contribution is 6.07. The number of hydrogen-bond donors (Lipinski definition) is 4. The third kappa shape index (κ3) is 8.80. The van der Waals surface area contributed by atoms with Crippen molar-refractivity contribution in [2.75, 3.05) is 25.0 Å². The molecule has 3 aromatic heterocycles. The number of alkyl halides is 3. The zero-order valence-electron chi connectivity index (χ0n) is 23.3. The van der Waals surface area contributed by atoms with E-state index in [1.807, 2.05) is 0 Å². The van der Waals surface area contributed by atoms with Crippen LogP contribution < -0.4 is 26.4 Å². The van der Waals surface area contributed by atoms with Gasteiger partial charge in [0, 0.05) is 41.4 Å². The Morgan fingerprint density at radius 1 is 1.11 bits per heavy atom. The van der Waals surface area contributed by atoms with Crippen molar-refractivity contribution in [1.29, 1.82) is 0 Å². The number of aromatic nitrogens is 4. The summed E-state index contributed by atoms with van der Waals surface area (Å²) in [7, 11) is 0. The molecule has 0 atom stereocenters. The Labute approximate surface area is 255 Å². The molecular weight excluding hydrogens is 619 g/mol. The van der Waals surface area contributed by atoms with Crippen molar-refractivity contribution < 1.29 is 41.5 Å². The number of nitrogens with two attached hydrogens (primary N) is 1. The van der Waals surface area contributed by atoms with Gasteiger partial charge < -0.3 is 30.8 Å². The molecule has 20 heteroatoms. The second-order valence-corrected chi connectivity index (χ2v) is 9.04. The summed E-state index contributed by atoms with van der Waals surface area (Å²) >= 11 is 0. The van der Waals surface area contributed by atoms with E-state index >= 15 is 0 Å². The van der Waals surface area contributed by atoms with Gasteiger partial charge in [0.15, 0.2) is 11.4 Å². The van der Waals surface area contributed by atoms with Crippen LogP contribution in [0.5, 0.6) is 5.88 Å². The van der Waals surface area contributed by atoms with Crippen molar-refractivity contribution in [2.45, 2.75) is 12.6 Å². The van der Waals surface area contributed by atoms with Crippen LogP contribution in [0.2, 0.25) is 0 Å². The van der Waals surface area contributed by atoms with Crippen LogP contribution in [0.25, 0.3) is 27.6 Å². The molecular formula is C26H22F3N11O6. The van der Waals surface area contributed by atoms with E-state index in [0.29, 0.717) is 24.2 Å². The monoisotopic (exact) mass is 641 g/mol. The van der Waals surface area contributed by atoms with Gasteiger partial charge in [-0.1, -0.05) is 5.11 Å². The number of carbonyl (C=O) groups is 4. The van der Waals surface area contributed by atoms with Gasteiger partial charge in [-0.25, -0.2) is 19.4 Å². The van der Waals surface area contributed by atoms with Gasteiger partial charge in [-0.3, -0.25) is 14.4 Å². The Hall–Kier alpha value is -6.43. The number of nitrogens with one attached hydrogen (secondary N) is 3. The Bertz CT molecular complexity index is 1800. The van der Waals surface area contributed by atoms with E-state index in [-0.39, 0.29) is 46.9 Å². The SMILES string of the molecule is [N-]=[N+]=NCCCNC(=O)c1ccc(-n2cc(NC(=O)c3coc(-c4ccnc(OC(=O)NCC(F)(F)F)c4)n3)c(C(N)=O)n2)cc1. The fourth-order valence-electron chi connectivity index (χ4n) is 3.64. The van der Waals surface area contributed by atoms with Crippen molar-refractivity contribution in [3.63, 3.8) is 0 Å². The molecule has 17 nitrogen and oxygen atoms in total. The topological polar surface area (TPSA) is 245 Å². The summed E-state index contributed by atoms with van der Waals surface area (Å²) in [6.45, 7) is -1.05. The second-order valence-electron chi connectivity index (χ2n) is 9.04. The minimum Gasteiger partial charge on any atom is -0.444 e. The molecule has 4 aromatic rings. The first-order chi connectivity index (χ1) is 21.9. The van der Waals surface area contributed by atoms with Crippen LogP contribution in [0.15, 0.2) is 64.6 Å². The summed E-state index contributed by atoms with van der Waals surface area (Å²) in [6.07, 6.45) is -2.07. The number of benzene rings is 1. The maximum atomic E-state index is 12.9. The van der Waals surface area contributed by atoms with Gasteiger partial charge >= 0.3 is 12.3 Å². The molecule has 1 aromatic carbocycles. The molecule has 0 saturated heterocycles. The minimum atomic E-state index is -4.64. The van der Waals surface area contributed by atoms with Crippen LogP contribution >= 0.6 is 0 Å². The summed E-state index contributed by atoms with van der Waals surface area (Å²) in [5.74, 6) is -2.61. The lowest BCUT2D eigenvalue weighted by molar-refractivity contribution is -0.123. The van der Waals surface area contributed by atoms with E-state index in [0.717, 1.165) is 12.3 Å². The molecule has 0 unspecified atom stereocenters. The molecule has 0 fully saturated rings. The van der Waals surface area contributed by atoms with Crippen LogP contribution in [-0.4, -0.2) is 69.4 Å². The number of primary amides is 1. The summed E-state index contributed by atoms with van der Waals surface area (Å²) in [4.78, 5) is 59.4. The Kier molecular flexibility index (Phi) is 10.1. The number of oxazole rings is 1. The lowest BCUT2D eigenvalue weighted by Crippen LogP contribution is -2.35. The van der Waals surface area contributed by atoms with Gasteiger partial charge in [0.05, 0.1) is 17.6 Å². The Morgan fingerprint density at radius 2 is 1.87 bits per heavy atom. The van der Waals surface area contributed by atoms with Crippen molar-refractivity contribution in [2.24, 2.45) is 10.8 Å². The smallest absolute Gasteiger partial charge is 0.414 e. The molecule has 0 spiro atoms. The maximum absolute atomic E-state index is 12.9. The van der Waals surface area contributed by atoms with Crippen LogP contribution in [-0.2, 0) is 0 Å². The first kappa shape index (κ1) is 32.5. The number of nitrogens with zero attached hydrogens (tertiary/aromatic N) is 7. The summed E-state index contributed by atoms with van der Waals surface area (Å²) in [5.41, 5.74) is 14.1. The van der Waals surface area contributed by atoms with Crippen molar-refractivity contribution >= 4 is 29.5 Å². The molecule has 0 aliphatic rings. The number of pyridine rings is 1. The molecule has 0 bridgehead atoms. The van der Waals surface area contributed by atoms with Crippen molar-refractivity contribution in [1.82, 2.24) is 30.4 Å². The number of rotatable bonds is 12. The van der Waals surface area contributed by atoms with E-state index in [1.54, 1.807) is 12.1 Å². The lowest BCUT2D eigenvalue weighted by atomic mass is 10.2. The zero-order valence-corrected chi connectivity index (χ0v) is 23.3. The number of azide groups is 1. The lowest BCUT2D eigenvalue weighted by Gasteiger charge is -2.08. The largest absolute Gasteiger partial charge is 0.444 e. The molecule has 46 heavy (non-hydrogen) atoms.